The number of halogens is 1. The lowest BCUT2D eigenvalue weighted by Crippen LogP contribution is -2.51. The van der Waals surface area contributed by atoms with E-state index >= 15 is 0 Å². The second-order valence-electron chi connectivity index (χ2n) is 8.91. The van der Waals surface area contributed by atoms with Crippen LogP contribution in [0.1, 0.15) is 51.0 Å². The predicted octanol–water partition coefficient (Wildman–Crippen LogP) is 4.33. The normalized spacial score (nSPS) is 18.8. The van der Waals surface area contributed by atoms with Gasteiger partial charge in [0.05, 0.1) is 18.5 Å². The second kappa shape index (κ2) is 10.4. The number of hydrogen-bond donors (Lipinski definition) is 1. The maximum Gasteiger partial charge on any atom is 0.257 e. The van der Waals surface area contributed by atoms with Gasteiger partial charge >= 0.3 is 0 Å². The van der Waals surface area contributed by atoms with Crippen molar-refractivity contribution in [2.45, 2.75) is 64.0 Å². The third kappa shape index (κ3) is 5.30. The summed E-state index contributed by atoms with van der Waals surface area (Å²) in [5.74, 6) is -1.07. The molecule has 0 bridgehead atoms. The number of anilines is 2. The van der Waals surface area contributed by atoms with E-state index < -0.39 is 6.04 Å². The van der Waals surface area contributed by atoms with Crippen molar-refractivity contribution in [1.82, 2.24) is 4.90 Å². The molecule has 178 valence electrons. The summed E-state index contributed by atoms with van der Waals surface area (Å²) < 4.78 is 0. The lowest BCUT2D eigenvalue weighted by molar-refractivity contribution is -0.141. The molecule has 2 aliphatic rings. The van der Waals surface area contributed by atoms with Crippen LogP contribution in [0, 0.1) is 0 Å². The second-order valence-corrected chi connectivity index (χ2v) is 9.35. The molecular weight excluding hydrogens is 454 g/mol. The molecule has 2 aromatic rings. The van der Waals surface area contributed by atoms with Crippen LogP contribution in [0.3, 0.4) is 0 Å². The summed E-state index contributed by atoms with van der Waals surface area (Å²) >= 11 is 5.98. The smallest absolute Gasteiger partial charge is 0.257 e. The summed E-state index contributed by atoms with van der Waals surface area (Å²) in [4.78, 5) is 54.0. The van der Waals surface area contributed by atoms with E-state index in [4.69, 9.17) is 11.6 Å². The van der Waals surface area contributed by atoms with Gasteiger partial charge < -0.3 is 10.2 Å². The van der Waals surface area contributed by atoms with Crippen molar-refractivity contribution in [3.8, 4) is 0 Å². The summed E-state index contributed by atoms with van der Waals surface area (Å²) in [6, 6.07) is 12.8. The van der Waals surface area contributed by atoms with Crippen LogP contribution >= 0.6 is 11.6 Å². The van der Waals surface area contributed by atoms with E-state index in [0.717, 1.165) is 42.6 Å². The fourth-order valence-corrected chi connectivity index (χ4v) is 4.99. The van der Waals surface area contributed by atoms with E-state index in [1.54, 1.807) is 41.3 Å². The molecule has 1 atom stereocenters. The molecule has 1 saturated carbocycles. The Hall–Kier alpha value is -3.19. The minimum atomic E-state index is -0.814. The van der Waals surface area contributed by atoms with Crippen molar-refractivity contribution in [2.75, 3.05) is 10.2 Å². The number of imide groups is 1. The van der Waals surface area contributed by atoms with Crippen molar-refractivity contribution in [3.05, 3.63) is 59.1 Å². The van der Waals surface area contributed by atoms with Gasteiger partial charge in [-0.05, 0) is 54.8 Å². The SMILES string of the molecule is CC(=O)Nc1ccc(N2C(=O)CC(N(C(=O)Cc3ccc(Cl)cc3)C3CCCCC3)C2=O)cc1. The summed E-state index contributed by atoms with van der Waals surface area (Å²) in [7, 11) is 0. The number of benzene rings is 2. The van der Waals surface area contributed by atoms with Gasteiger partial charge in [0.2, 0.25) is 17.7 Å². The number of nitrogens with one attached hydrogen (secondary N) is 1. The molecule has 1 saturated heterocycles. The van der Waals surface area contributed by atoms with Crippen LogP contribution in [0.2, 0.25) is 5.02 Å². The van der Waals surface area contributed by atoms with E-state index in [9.17, 15) is 19.2 Å². The van der Waals surface area contributed by atoms with E-state index in [1.807, 2.05) is 12.1 Å². The van der Waals surface area contributed by atoms with Gasteiger partial charge in [0.25, 0.3) is 5.91 Å². The fraction of sp³-hybridized carbons (Fsp3) is 0.385. The zero-order valence-corrected chi connectivity index (χ0v) is 19.9. The summed E-state index contributed by atoms with van der Waals surface area (Å²) in [5, 5.41) is 3.26. The number of hydrogen-bond acceptors (Lipinski definition) is 4. The van der Waals surface area contributed by atoms with Crippen molar-refractivity contribution in [1.29, 1.82) is 0 Å². The largest absolute Gasteiger partial charge is 0.327 e. The van der Waals surface area contributed by atoms with Crippen LogP contribution in [-0.2, 0) is 25.6 Å². The Kier molecular flexibility index (Phi) is 7.32. The Morgan fingerprint density at radius 3 is 2.26 bits per heavy atom. The Morgan fingerprint density at radius 2 is 1.65 bits per heavy atom. The van der Waals surface area contributed by atoms with Gasteiger partial charge in [0.1, 0.15) is 6.04 Å². The van der Waals surface area contributed by atoms with Gasteiger partial charge in [-0.3, -0.25) is 19.2 Å². The van der Waals surface area contributed by atoms with Gasteiger partial charge in [0.15, 0.2) is 0 Å². The number of rotatable bonds is 6. The highest BCUT2D eigenvalue weighted by molar-refractivity contribution is 6.30. The highest BCUT2D eigenvalue weighted by Gasteiger charge is 2.46. The molecule has 4 amide bonds. The maximum absolute atomic E-state index is 13.5. The van der Waals surface area contributed by atoms with Crippen LogP contribution in [0.15, 0.2) is 48.5 Å². The van der Waals surface area contributed by atoms with E-state index in [0.29, 0.717) is 16.4 Å². The quantitative estimate of drug-likeness (QED) is 0.622. The van der Waals surface area contributed by atoms with Gasteiger partial charge in [-0.2, -0.15) is 0 Å². The first kappa shape index (κ1) is 24.0. The average molecular weight is 482 g/mol. The highest BCUT2D eigenvalue weighted by Crippen LogP contribution is 2.32. The molecular formula is C26H28ClN3O4. The molecule has 1 N–H and O–H groups in total. The van der Waals surface area contributed by atoms with Crippen LogP contribution in [-0.4, -0.2) is 40.6 Å². The maximum atomic E-state index is 13.5. The summed E-state index contributed by atoms with van der Waals surface area (Å²) in [6.45, 7) is 1.41. The molecule has 1 heterocycles. The standard InChI is InChI=1S/C26H28ClN3O4/c1-17(31)28-20-11-13-22(14-12-20)30-25(33)16-23(26(30)34)29(21-5-3-2-4-6-21)24(32)15-18-7-9-19(27)10-8-18/h7-14,21,23H,2-6,15-16H2,1H3,(H,28,31). The van der Waals surface area contributed by atoms with Gasteiger partial charge in [-0.1, -0.05) is 43.0 Å². The lowest BCUT2D eigenvalue weighted by Gasteiger charge is -2.37. The third-order valence-corrected chi connectivity index (χ3v) is 6.68. The van der Waals surface area contributed by atoms with Gasteiger partial charge in [-0.25, -0.2) is 4.90 Å². The Morgan fingerprint density at radius 1 is 1.00 bits per heavy atom. The zero-order valence-electron chi connectivity index (χ0n) is 19.1. The molecule has 8 heteroatoms. The van der Waals surface area contributed by atoms with Gasteiger partial charge in [-0.15, -0.1) is 0 Å². The first-order valence-corrected chi connectivity index (χ1v) is 12.0. The lowest BCUT2D eigenvalue weighted by atomic mass is 9.92. The molecule has 0 aromatic heterocycles. The minimum absolute atomic E-state index is 0.0326. The Labute approximate surface area is 204 Å². The first-order valence-electron chi connectivity index (χ1n) is 11.6. The molecule has 4 rings (SSSR count). The molecule has 1 aliphatic heterocycles. The minimum Gasteiger partial charge on any atom is -0.327 e. The molecule has 34 heavy (non-hydrogen) atoms. The molecule has 1 aliphatic carbocycles. The topological polar surface area (TPSA) is 86.8 Å². The highest BCUT2D eigenvalue weighted by atomic mass is 35.5. The first-order chi connectivity index (χ1) is 16.3. The monoisotopic (exact) mass is 481 g/mol. The van der Waals surface area contributed by atoms with Crippen molar-refractivity contribution in [2.24, 2.45) is 0 Å². The third-order valence-electron chi connectivity index (χ3n) is 6.43. The number of carbonyl (C=O) groups is 4. The van der Waals surface area contributed by atoms with Crippen molar-refractivity contribution < 1.29 is 19.2 Å². The zero-order chi connectivity index (χ0) is 24.2. The fourth-order valence-electron chi connectivity index (χ4n) is 4.86. The Balaban J connectivity index is 1.57. The van der Waals surface area contributed by atoms with Gasteiger partial charge in [0, 0.05) is 23.7 Å². The molecule has 1 unspecified atom stereocenters. The molecule has 0 radical (unpaired) electrons. The van der Waals surface area contributed by atoms with E-state index in [-0.39, 0.29) is 42.5 Å². The van der Waals surface area contributed by atoms with E-state index in [2.05, 4.69) is 5.32 Å². The summed E-state index contributed by atoms with van der Waals surface area (Å²) in [5.41, 5.74) is 1.83. The number of nitrogens with zero attached hydrogens (tertiary/aromatic N) is 2. The van der Waals surface area contributed by atoms with E-state index in [1.165, 1.54) is 6.92 Å². The van der Waals surface area contributed by atoms with Crippen molar-refractivity contribution >= 4 is 46.6 Å². The van der Waals surface area contributed by atoms with Crippen LogP contribution in [0.25, 0.3) is 0 Å². The average Bonchev–Trinajstić information content (AvgIpc) is 3.10. The number of carbonyl (C=O) groups excluding carboxylic acids is 4. The predicted molar refractivity (Wildman–Crippen MR) is 131 cm³/mol. The number of amides is 4. The molecule has 2 fully saturated rings. The van der Waals surface area contributed by atoms with Crippen LogP contribution in [0.4, 0.5) is 11.4 Å². The molecule has 0 spiro atoms. The van der Waals surface area contributed by atoms with Crippen LogP contribution in [0.5, 0.6) is 0 Å². The van der Waals surface area contributed by atoms with Crippen LogP contribution < -0.4 is 10.2 Å². The van der Waals surface area contributed by atoms with Crippen molar-refractivity contribution in [3.63, 3.8) is 0 Å². The molecule has 2 aromatic carbocycles. The Bertz CT molecular complexity index is 1080. The molecule has 7 nitrogen and oxygen atoms in total. The summed E-state index contributed by atoms with van der Waals surface area (Å²) in [6.07, 6.45) is 4.88.